The first-order valence-electron chi connectivity index (χ1n) is 4.73. The van der Waals surface area contributed by atoms with Crippen LogP contribution in [0, 0.1) is 0 Å². The molecular weight excluding hydrogens is 265 g/mol. The van der Waals surface area contributed by atoms with Crippen LogP contribution in [0.1, 0.15) is 0 Å². The summed E-state index contributed by atoms with van der Waals surface area (Å²) in [7, 11) is 1.42. The molecule has 1 aromatic carbocycles. The minimum absolute atomic E-state index is 0.0759. The quantitative estimate of drug-likeness (QED) is 0.789. The summed E-state index contributed by atoms with van der Waals surface area (Å²) in [5.74, 6) is -0.472. The van der Waals surface area contributed by atoms with Gasteiger partial charge in [0, 0.05) is 12.1 Å². The Morgan fingerprint density at radius 3 is 2.65 bits per heavy atom. The monoisotopic (exact) mass is 275 g/mol. The number of rotatable bonds is 3. The number of hydrogen-bond acceptors (Lipinski definition) is 3. The van der Waals surface area contributed by atoms with Crippen LogP contribution in [0.5, 0.6) is 0 Å². The molecule has 3 amide bonds. The SMILES string of the molecule is CNC(=O)NC(=O)CNc1cc(Cl)ccc1Cl. The predicted octanol–water partition coefficient (Wildman–Crippen LogP) is 1.86. The molecule has 0 aromatic heterocycles. The highest BCUT2D eigenvalue weighted by atomic mass is 35.5. The van der Waals surface area contributed by atoms with E-state index in [1.807, 2.05) is 0 Å². The molecule has 0 aliphatic carbocycles. The van der Waals surface area contributed by atoms with Gasteiger partial charge in [0.1, 0.15) is 0 Å². The number of anilines is 1. The van der Waals surface area contributed by atoms with E-state index in [0.29, 0.717) is 15.7 Å². The van der Waals surface area contributed by atoms with Gasteiger partial charge >= 0.3 is 6.03 Å². The van der Waals surface area contributed by atoms with Crippen LogP contribution in [-0.4, -0.2) is 25.5 Å². The van der Waals surface area contributed by atoms with Gasteiger partial charge in [-0.1, -0.05) is 23.2 Å². The molecule has 0 spiro atoms. The number of imide groups is 1. The molecule has 0 fully saturated rings. The Morgan fingerprint density at radius 2 is 2.00 bits per heavy atom. The number of urea groups is 1. The Morgan fingerprint density at radius 1 is 1.29 bits per heavy atom. The van der Waals surface area contributed by atoms with Crippen molar-refractivity contribution in [3.05, 3.63) is 28.2 Å². The topological polar surface area (TPSA) is 70.2 Å². The molecule has 0 unspecified atom stereocenters. The summed E-state index contributed by atoms with van der Waals surface area (Å²) in [6.07, 6.45) is 0. The van der Waals surface area contributed by atoms with Crippen LogP contribution in [-0.2, 0) is 4.79 Å². The number of amides is 3. The van der Waals surface area contributed by atoms with Crippen LogP contribution in [0.2, 0.25) is 10.0 Å². The number of nitrogens with one attached hydrogen (secondary N) is 3. The Bertz CT molecular complexity index is 438. The molecule has 0 saturated heterocycles. The third-order valence-corrected chi connectivity index (χ3v) is 2.41. The fourth-order valence-electron chi connectivity index (χ4n) is 1.04. The summed E-state index contributed by atoms with van der Waals surface area (Å²) in [6.45, 7) is -0.0759. The van der Waals surface area contributed by atoms with Crippen molar-refractivity contribution < 1.29 is 9.59 Å². The van der Waals surface area contributed by atoms with Gasteiger partial charge in [0.15, 0.2) is 0 Å². The van der Waals surface area contributed by atoms with E-state index in [1.165, 1.54) is 7.05 Å². The van der Waals surface area contributed by atoms with Crippen molar-refractivity contribution in [1.82, 2.24) is 10.6 Å². The van der Waals surface area contributed by atoms with Gasteiger partial charge in [0.2, 0.25) is 5.91 Å². The van der Waals surface area contributed by atoms with Gasteiger partial charge in [-0.2, -0.15) is 0 Å². The highest BCUT2D eigenvalue weighted by molar-refractivity contribution is 6.35. The van der Waals surface area contributed by atoms with E-state index in [9.17, 15) is 9.59 Å². The maximum atomic E-state index is 11.3. The second-order valence-corrected chi connectivity index (χ2v) is 3.95. The third-order valence-electron chi connectivity index (χ3n) is 1.85. The molecule has 17 heavy (non-hydrogen) atoms. The van der Waals surface area contributed by atoms with Crippen molar-refractivity contribution >= 4 is 40.8 Å². The summed E-state index contributed by atoms with van der Waals surface area (Å²) in [6, 6.07) is 4.29. The molecule has 0 saturated carbocycles. The molecule has 1 rings (SSSR count). The van der Waals surface area contributed by atoms with E-state index in [-0.39, 0.29) is 6.54 Å². The number of halogens is 2. The molecule has 0 radical (unpaired) electrons. The van der Waals surface area contributed by atoms with E-state index in [1.54, 1.807) is 18.2 Å². The Balaban J connectivity index is 2.53. The van der Waals surface area contributed by atoms with Crippen molar-refractivity contribution in [2.24, 2.45) is 0 Å². The average molecular weight is 276 g/mol. The van der Waals surface area contributed by atoms with Crippen molar-refractivity contribution in [2.45, 2.75) is 0 Å². The van der Waals surface area contributed by atoms with E-state index in [0.717, 1.165) is 0 Å². The van der Waals surface area contributed by atoms with Crippen LogP contribution in [0.15, 0.2) is 18.2 Å². The predicted molar refractivity (Wildman–Crippen MR) is 67.6 cm³/mol. The largest absolute Gasteiger partial charge is 0.375 e. The first-order chi connectivity index (χ1) is 8.02. The van der Waals surface area contributed by atoms with Crippen molar-refractivity contribution in [2.75, 3.05) is 18.9 Å². The molecule has 0 aliphatic heterocycles. The molecule has 7 heteroatoms. The van der Waals surface area contributed by atoms with Gasteiger partial charge in [-0.25, -0.2) is 4.79 Å². The Kier molecular flexibility index (Phi) is 5.06. The normalized spacial score (nSPS) is 9.59. The standard InChI is InChI=1S/C10H11Cl2N3O2/c1-13-10(17)15-9(16)5-14-8-4-6(11)2-3-7(8)12/h2-4,14H,5H2,1H3,(H2,13,15,16,17). The lowest BCUT2D eigenvalue weighted by Gasteiger charge is -2.08. The van der Waals surface area contributed by atoms with Crippen LogP contribution in [0.25, 0.3) is 0 Å². The van der Waals surface area contributed by atoms with Crippen LogP contribution in [0.4, 0.5) is 10.5 Å². The van der Waals surface area contributed by atoms with Gasteiger partial charge < -0.3 is 10.6 Å². The zero-order chi connectivity index (χ0) is 12.8. The highest BCUT2D eigenvalue weighted by Gasteiger charge is 2.07. The van der Waals surface area contributed by atoms with Crippen LogP contribution >= 0.6 is 23.2 Å². The summed E-state index contributed by atoms with van der Waals surface area (Å²) >= 11 is 11.7. The summed E-state index contributed by atoms with van der Waals surface area (Å²) in [5.41, 5.74) is 0.534. The van der Waals surface area contributed by atoms with Crippen LogP contribution in [0.3, 0.4) is 0 Å². The number of carbonyl (C=O) groups is 2. The fourth-order valence-corrected chi connectivity index (χ4v) is 1.40. The molecule has 3 N–H and O–H groups in total. The zero-order valence-electron chi connectivity index (χ0n) is 9.01. The number of hydrogen-bond donors (Lipinski definition) is 3. The number of carbonyl (C=O) groups excluding carboxylic acids is 2. The summed E-state index contributed by atoms with van der Waals surface area (Å²) < 4.78 is 0. The van der Waals surface area contributed by atoms with Gasteiger partial charge in [0.25, 0.3) is 0 Å². The first kappa shape index (κ1) is 13.6. The molecular formula is C10H11Cl2N3O2. The van der Waals surface area contributed by atoms with Gasteiger partial charge in [-0.05, 0) is 18.2 Å². The van der Waals surface area contributed by atoms with E-state index >= 15 is 0 Å². The second-order valence-electron chi connectivity index (χ2n) is 3.11. The molecule has 0 bridgehead atoms. The van der Waals surface area contributed by atoms with Crippen molar-refractivity contribution in [1.29, 1.82) is 0 Å². The smallest absolute Gasteiger partial charge is 0.321 e. The van der Waals surface area contributed by atoms with Gasteiger partial charge in [-0.15, -0.1) is 0 Å². The fraction of sp³-hybridized carbons (Fsp3) is 0.200. The molecule has 0 aliphatic rings. The molecule has 5 nitrogen and oxygen atoms in total. The lowest BCUT2D eigenvalue weighted by Crippen LogP contribution is -2.40. The minimum Gasteiger partial charge on any atom is -0.375 e. The minimum atomic E-state index is -0.561. The maximum absolute atomic E-state index is 11.3. The number of benzene rings is 1. The van der Waals surface area contributed by atoms with Crippen molar-refractivity contribution in [3.63, 3.8) is 0 Å². The second kappa shape index (κ2) is 6.32. The lowest BCUT2D eigenvalue weighted by molar-refractivity contribution is -0.118. The van der Waals surface area contributed by atoms with E-state index in [4.69, 9.17) is 23.2 Å². The summed E-state index contributed by atoms with van der Waals surface area (Å²) in [4.78, 5) is 22.1. The molecule has 92 valence electrons. The van der Waals surface area contributed by atoms with E-state index < -0.39 is 11.9 Å². The van der Waals surface area contributed by atoms with Crippen molar-refractivity contribution in [3.8, 4) is 0 Å². The molecule has 0 atom stereocenters. The summed E-state index contributed by atoms with van der Waals surface area (Å²) in [5, 5.41) is 8.10. The van der Waals surface area contributed by atoms with Crippen LogP contribution < -0.4 is 16.0 Å². The first-order valence-corrected chi connectivity index (χ1v) is 5.49. The van der Waals surface area contributed by atoms with Gasteiger partial charge in [-0.3, -0.25) is 10.1 Å². The van der Waals surface area contributed by atoms with Gasteiger partial charge in [0.05, 0.1) is 17.3 Å². The van der Waals surface area contributed by atoms with E-state index in [2.05, 4.69) is 16.0 Å². The lowest BCUT2D eigenvalue weighted by atomic mass is 10.3. The zero-order valence-corrected chi connectivity index (χ0v) is 10.5. The molecule has 0 heterocycles. The Labute approximate surface area is 108 Å². The highest BCUT2D eigenvalue weighted by Crippen LogP contribution is 2.24. The Hall–Kier alpha value is -1.46. The molecule has 1 aromatic rings. The maximum Gasteiger partial charge on any atom is 0.321 e. The average Bonchev–Trinajstić information content (AvgIpc) is 2.30. The third kappa shape index (κ3) is 4.50.